The summed E-state index contributed by atoms with van der Waals surface area (Å²) in [5, 5.41) is 0.561. The van der Waals surface area contributed by atoms with E-state index >= 15 is 0 Å². The average molecular weight is 181 g/mol. The maximum atomic E-state index is 11.4. The van der Waals surface area contributed by atoms with Gasteiger partial charge in [0.15, 0.2) is 0 Å². The van der Waals surface area contributed by atoms with Gasteiger partial charge in [-0.3, -0.25) is 4.79 Å². The Morgan fingerprint density at radius 3 is 3.00 bits per heavy atom. The fraction of sp³-hybridized carbons (Fsp3) is 0.444. The highest BCUT2D eigenvalue weighted by Gasteiger charge is 2.37. The van der Waals surface area contributed by atoms with Gasteiger partial charge in [-0.2, -0.15) is 0 Å². The molecule has 1 amide bonds. The van der Waals surface area contributed by atoms with E-state index in [1.165, 1.54) is 11.8 Å². The Bertz CT molecular complexity index is 259. The van der Waals surface area contributed by atoms with Gasteiger partial charge in [-0.25, -0.2) is 0 Å². The highest BCUT2D eigenvalue weighted by molar-refractivity contribution is 8.14. The van der Waals surface area contributed by atoms with Gasteiger partial charge in [0.25, 0.3) is 5.24 Å². The van der Waals surface area contributed by atoms with E-state index in [0.29, 0.717) is 11.3 Å². The first kappa shape index (κ1) is 7.92. The Labute approximate surface area is 76.3 Å². The molecule has 0 saturated carbocycles. The Hall–Kier alpha value is -0.700. The zero-order valence-corrected chi connectivity index (χ0v) is 7.75. The van der Waals surface area contributed by atoms with Crippen LogP contribution in [-0.2, 0) is 0 Å². The monoisotopic (exact) mass is 181 g/mol. The first-order valence-corrected chi connectivity index (χ1v) is 5.03. The van der Waals surface area contributed by atoms with Crippen LogP contribution >= 0.6 is 11.8 Å². The van der Waals surface area contributed by atoms with Crippen molar-refractivity contribution in [1.29, 1.82) is 0 Å². The summed E-state index contributed by atoms with van der Waals surface area (Å²) >= 11 is 1.43. The van der Waals surface area contributed by atoms with Gasteiger partial charge >= 0.3 is 0 Å². The number of hydrogen-bond acceptors (Lipinski definition) is 2. The maximum Gasteiger partial charge on any atom is 0.282 e. The smallest absolute Gasteiger partial charge is 0.282 e. The number of fused-ring (bicyclic) bond motifs is 1. The van der Waals surface area contributed by atoms with Crippen LogP contribution in [0.5, 0.6) is 0 Å². The van der Waals surface area contributed by atoms with Crippen LogP contribution in [0.3, 0.4) is 0 Å². The fourth-order valence-corrected chi connectivity index (χ4v) is 2.78. The standard InChI is InChI=1S/C9H11NOS/c1-2-10-7-5-3-4-6-8(7)12-9(10)11/h3-8H,2H2,1H3. The minimum Gasteiger partial charge on any atom is -0.326 e. The molecule has 0 aromatic rings. The summed E-state index contributed by atoms with van der Waals surface area (Å²) in [6.45, 7) is 2.83. The summed E-state index contributed by atoms with van der Waals surface area (Å²) in [5.41, 5.74) is 0. The molecule has 2 nitrogen and oxygen atoms in total. The highest BCUT2D eigenvalue weighted by atomic mass is 32.2. The van der Waals surface area contributed by atoms with Gasteiger partial charge in [-0.1, -0.05) is 36.1 Å². The molecule has 1 saturated heterocycles. The van der Waals surface area contributed by atoms with Crippen LogP contribution < -0.4 is 0 Å². The number of nitrogens with zero attached hydrogens (tertiary/aromatic N) is 1. The van der Waals surface area contributed by atoms with Crippen LogP contribution in [0, 0.1) is 0 Å². The minimum absolute atomic E-state index is 0.212. The largest absolute Gasteiger partial charge is 0.326 e. The van der Waals surface area contributed by atoms with Gasteiger partial charge in [0.05, 0.1) is 11.3 Å². The molecule has 2 rings (SSSR count). The Morgan fingerprint density at radius 1 is 1.50 bits per heavy atom. The molecule has 0 aromatic carbocycles. The number of carbonyl (C=O) groups is 1. The second kappa shape index (κ2) is 2.98. The van der Waals surface area contributed by atoms with Gasteiger partial charge in [-0.15, -0.1) is 0 Å². The van der Waals surface area contributed by atoms with E-state index in [1.54, 1.807) is 0 Å². The van der Waals surface area contributed by atoms with Gasteiger partial charge in [0, 0.05) is 6.54 Å². The summed E-state index contributed by atoms with van der Waals surface area (Å²) in [6.07, 6.45) is 8.23. The summed E-state index contributed by atoms with van der Waals surface area (Å²) in [6, 6.07) is 0.303. The Balaban J connectivity index is 2.23. The SMILES string of the molecule is CCN1C(=O)SC2C=CC=CC21. The van der Waals surface area contributed by atoms with E-state index in [4.69, 9.17) is 0 Å². The van der Waals surface area contributed by atoms with Gasteiger partial charge in [0.2, 0.25) is 0 Å². The number of thioether (sulfide) groups is 1. The van der Waals surface area contributed by atoms with Crippen molar-refractivity contribution < 1.29 is 4.79 Å². The van der Waals surface area contributed by atoms with Crippen LogP contribution in [0.2, 0.25) is 0 Å². The number of likely N-dealkylation sites (N-methyl/N-ethyl adjacent to an activating group) is 1. The number of rotatable bonds is 1. The predicted molar refractivity (Wildman–Crippen MR) is 51.2 cm³/mol. The number of carbonyl (C=O) groups excluding carboxylic acids is 1. The van der Waals surface area contributed by atoms with Crippen molar-refractivity contribution in [1.82, 2.24) is 4.90 Å². The summed E-state index contributed by atoms with van der Waals surface area (Å²) in [4.78, 5) is 13.3. The molecule has 2 atom stereocenters. The molecule has 2 aliphatic rings. The molecule has 1 heterocycles. The second-order valence-electron chi connectivity index (χ2n) is 2.89. The van der Waals surface area contributed by atoms with E-state index in [2.05, 4.69) is 12.2 Å². The lowest BCUT2D eigenvalue weighted by atomic mass is 10.1. The normalized spacial score (nSPS) is 32.8. The lowest BCUT2D eigenvalue weighted by Gasteiger charge is -2.22. The zero-order valence-electron chi connectivity index (χ0n) is 6.93. The molecular formula is C9H11NOS. The Morgan fingerprint density at radius 2 is 2.25 bits per heavy atom. The zero-order chi connectivity index (χ0) is 8.55. The predicted octanol–water partition coefficient (Wildman–Crippen LogP) is 2.04. The van der Waals surface area contributed by atoms with E-state index in [1.807, 2.05) is 24.0 Å². The van der Waals surface area contributed by atoms with Gasteiger partial charge in [0.1, 0.15) is 0 Å². The first-order valence-electron chi connectivity index (χ1n) is 4.15. The lowest BCUT2D eigenvalue weighted by Crippen LogP contribution is -2.34. The first-order chi connectivity index (χ1) is 5.83. The van der Waals surface area contributed by atoms with Crippen molar-refractivity contribution >= 4 is 17.0 Å². The minimum atomic E-state index is 0.212. The molecule has 1 fully saturated rings. The maximum absolute atomic E-state index is 11.4. The van der Waals surface area contributed by atoms with Crippen LogP contribution in [0.15, 0.2) is 24.3 Å². The molecule has 0 spiro atoms. The molecule has 1 aliphatic carbocycles. The molecule has 0 bridgehead atoms. The average Bonchev–Trinajstić information content (AvgIpc) is 2.40. The van der Waals surface area contributed by atoms with Gasteiger partial charge in [-0.05, 0) is 6.92 Å². The third kappa shape index (κ3) is 1.08. The topological polar surface area (TPSA) is 20.3 Å². The Kier molecular flexibility index (Phi) is 1.97. The highest BCUT2D eigenvalue weighted by Crippen LogP contribution is 2.34. The van der Waals surface area contributed by atoms with Crippen LogP contribution in [0.25, 0.3) is 0 Å². The van der Waals surface area contributed by atoms with Crippen molar-refractivity contribution in [3.8, 4) is 0 Å². The van der Waals surface area contributed by atoms with E-state index in [0.717, 1.165) is 6.54 Å². The van der Waals surface area contributed by atoms with Crippen LogP contribution in [0.4, 0.5) is 4.79 Å². The third-order valence-corrected chi connectivity index (χ3v) is 3.37. The quantitative estimate of drug-likeness (QED) is 0.617. The molecule has 64 valence electrons. The van der Waals surface area contributed by atoms with Crippen molar-refractivity contribution in [2.24, 2.45) is 0 Å². The van der Waals surface area contributed by atoms with E-state index in [-0.39, 0.29) is 5.24 Å². The van der Waals surface area contributed by atoms with Crippen molar-refractivity contribution in [2.75, 3.05) is 6.54 Å². The molecular weight excluding hydrogens is 170 g/mol. The molecule has 0 radical (unpaired) electrons. The molecule has 0 N–H and O–H groups in total. The molecule has 2 unspecified atom stereocenters. The fourth-order valence-electron chi connectivity index (χ4n) is 1.61. The summed E-state index contributed by atoms with van der Waals surface area (Å²) in [5.74, 6) is 0. The molecule has 0 aromatic heterocycles. The van der Waals surface area contributed by atoms with Crippen molar-refractivity contribution in [2.45, 2.75) is 18.2 Å². The summed E-state index contributed by atoms with van der Waals surface area (Å²) in [7, 11) is 0. The van der Waals surface area contributed by atoms with E-state index in [9.17, 15) is 4.79 Å². The lowest BCUT2D eigenvalue weighted by molar-refractivity contribution is 0.221. The number of amides is 1. The van der Waals surface area contributed by atoms with E-state index < -0.39 is 0 Å². The number of hydrogen-bond donors (Lipinski definition) is 0. The number of allylic oxidation sites excluding steroid dienone is 2. The molecule has 3 heteroatoms. The second-order valence-corrected chi connectivity index (χ2v) is 4.02. The summed E-state index contributed by atoms with van der Waals surface area (Å²) < 4.78 is 0. The molecule has 12 heavy (non-hydrogen) atoms. The van der Waals surface area contributed by atoms with Gasteiger partial charge < -0.3 is 4.90 Å². The van der Waals surface area contributed by atoms with Crippen molar-refractivity contribution in [3.63, 3.8) is 0 Å². The molecule has 1 aliphatic heterocycles. The van der Waals surface area contributed by atoms with Crippen LogP contribution in [-0.4, -0.2) is 28.0 Å². The van der Waals surface area contributed by atoms with Crippen molar-refractivity contribution in [3.05, 3.63) is 24.3 Å². The van der Waals surface area contributed by atoms with Crippen LogP contribution in [0.1, 0.15) is 6.92 Å². The third-order valence-electron chi connectivity index (χ3n) is 2.23.